The zero-order valence-electron chi connectivity index (χ0n) is 12.3. The lowest BCUT2D eigenvalue weighted by Gasteiger charge is -2.36. The lowest BCUT2D eigenvalue weighted by molar-refractivity contribution is 0.0602. The molecule has 0 radical (unpaired) electrons. The van der Waals surface area contributed by atoms with E-state index in [-0.39, 0.29) is 11.7 Å². The molecule has 0 spiro atoms. The highest BCUT2D eigenvalue weighted by atomic mass is 19.1. The van der Waals surface area contributed by atoms with Crippen LogP contribution in [0.1, 0.15) is 41.6 Å². The van der Waals surface area contributed by atoms with E-state index in [0.717, 1.165) is 32.4 Å². The van der Waals surface area contributed by atoms with Crippen molar-refractivity contribution in [1.29, 1.82) is 0 Å². The molecule has 0 saturated carbocycles. The number of hydrogen-bond donors (Lipinski definition) is 1. The maximum atomic E-state index is 13.3. The fourth-order valence-electron chi connectivity index (χ4n) is 2.82. The Balaban J connectivity index is 2.14. The second-order valence-corrected chi connectivity index (χ2v) is 5.50. The van der Waals surface area contributed by atoms with E-state index < -0.39 is 0 Å². The van der Waals surface area contributed by atoms with Gasteiger partial charge in [0.2, 0.25) is 0 Å². The quantitative estimate of drug-likeness (QED) is 0.918. The smallest absolute Gasteiger partial charge is 0.254 e. The lowest BCUT2D eigenvalue weighted by Crippen LogP contribution is -2.44. The number of likely N-dealkylation sites (tertiary alicyclic amines) is 1. The van der Waals surface area contributed by atoms with Gasteiger partial charge in [-0.05, 0) is 70.0 Å². The highest BCUT2D eigenvalue weighted by Gasteiger charge is 2.27. The molecule has 1 fully saturated rings. The van der Waals surface area contributed by atoms with Crippen LogP contribution in [0.4, 0.5) is 4.39 Å². The summed E-state index contributed by atoms with van der Waals surface area (Å²) < 4.78 is 13.3. The van der Waals surface area contributed by atoms with E-state index in [4.69, 9.17) is 0 Å². The van der Waals surface area contributed by atoms with Crippen molar-refractivity contribution in [3.8, 4) is 0 Å². The van der Waals surface area contributed by atoms with Crippen LogP contribution >= 0.6 is 0 Å². The lowest BCUT2D eigenvalue weighted by atomic mass is 9.98. The molecule has 0 bridgehead atoms. The number of halogens is 1. The van der Waals surface area contributed by atoms with E-state index in [1.807, 2.05) is 11.9 Å². The summed E-state index contributed by atoms with van der Waals surface area (Å²) in [5.74, 6) is -0.221. The van der Waals surface area contributed by atoms with Crippen LogP contribution in [-0.4, -0.2) is 37.0 Å². The first-order valence-electron chi connectivity index (χ1n) is 7.35. The van der Waals surface area contributed by atoms with Crippen LogP contribution in [0, 0.1) is 12.7 Å². The van der Waals surface area contributed by atoms with Crippen LogP contribution in [0.2, 0.25) is 0 Å². The van der Waals surface area contributed by atoms with Crippen LogP contribution in [0.25, 0.3) is 0 Å². The maximum absolute atomic E-state index is 13.3. The molecule has 0 aromatic heterocycles. The number of carbonyl (C=O) groups excluding carboxylic acids is 1. The number of nitrogens with one attached hydrogen (secondary N) is 1. The van der Waals surface area contributed by atoms with Gasteiger partial charge in [0, 0.05) is 18.2 Å². The minimum absolute atomic E-state index is 0.0360. The van der Waals surface area contributed by atoms with Crippen LogP contribution in [-0.2, 0) is 0 Å². The number of piperidine rings is 1. The summed E-state index contributed by atoms with van der Waals surface area (Å²) in [6.07, 6.45) is 4.28. The predicted octanol–water partition coefficient (Wildman–Crippen LogP) is 2.74. The molecular weight excluding hydrogens is 255 g/mol. The largest absolute Gasteiger partial charge is 0.336 e. The highest BCUT2D eigenvalue weighted by Crippen LogP contribution is 2.22. The highest BCUT2D eigenvalue weighted by molar-refractivity contribution is 5.94. The van der Waals surface area contributed by atoms with Gasteiger partial charge in [0.15, 0.2) is 0 Å². The van der Waals surface area contributed by atoms with E-state index in [9.17, 15) is 9.18 Å². The van der Waals surface area contributed by atoms with Crippen molar-refractivity contribution in [2.75, 3.05) is 20.1 Å². The molecule has 1 aromatic carbocycles. The maximum Gasteiger partial charge on any atom is 0.254 e. The van der Waals surface area contributed by atoms with Gasteiger partial charge >= 0.3 is 0 Å². The second-order valence-electron chi connectivity index (χ2n) is 5.50. The standard InChI is InChI=1S/C16H23FN2O/c1-12-11-13(6-7-15(12)17)16(20)19-10-4-3-5-14(19)8-9-18-2/h6-7,11,14,18H,3-5,8-10H2,1-2H3. The molecule has 1 atom stereocenters. The zero-order valence-corrected chi connectivity index (χ0v) is 12.3. The van der Waals surface area contributed by atoms with Gasteiger partial charge in [-0.3, -0.25) is 4.79 Å². The van der Waals surface area contributed by atoms with Crippen LogP contribution in [0.15, 0.2) is 18.2 Å². The number of aryl methyl sites for hydroxylation is 1. The molecule has 2 rings (SSSR count). The van der Waals surface area contributed by atoms with E-state index in [1.54, 1.807) is 19.1 Å². The molecule has 1 saturated heterocycles. The number of hydrogen-bond acceptors (Lipinski definition) is 2. The van der Waals surface area contributed by atoms with Crippen LogP contribution in [0.5, 0.6) is 0 Å². The minimum atomic E-state index is -0.257. The van der Waals surface area contributed by atoms with Crippen molar-refractivity contribution in [3.05, 3.63) is 35.1 Å². The summed E-state index contributed by atoms with van der Waals surface area (Å²) in [6.45, 7) is 3.42. The molecule has 20 heavy (non-hydrogen) atoms. The molecule has 1 heterocycles. The van der Waals surface area contributed by atoms with Gasteiger partial charge < -0.3 is 10.2 Å². The van der Waals surface area contributed by atoms with Crippen molar-refractivity contribution >= 4 is 5.91 Å². The molecule has 0 aliphatic carbocycles. The Morgan fingerprint density at radius 1 is 1.45 bits per heavy atom. The van der Waals surface area contributed by atoms with Crippen molar-refractivity contribution in [2.45, 2.75) is 38.6 Å². The normalized spacial score (nSPS) is 19.1. The van der Waals surface area contributed by atoms with Gasteiger partial charge in [0.05, 0.1) is 0 Å². The third-order valence-electron chi connectivity index (χ3n) is 4.02. The van der Waals surface area contributed by atoms with Gasteiger partial charge in [-0.15, -0.1) is 0 Å². The first kappa shape index (κ1) is 15.0. The number of rotatable bonds is 4. The first-order chi connectivity index (χ1) is 9.63. The zero-order chi connectivity index (χ0) is 14.5. The first-order valence-corrected chi connectivity index (χ1v) is 7.35. The summed E-state index contributed by atoms with van der Waals surface area (Å²) in [7, 11) is 1.93. The summed E-state index contributed by atoms with van der Waals surface area (Å²) >= 11 is 0. The molecule has 3 nitrogen and oxygen atoms in total. The average molecular weight is 278 g/mol. The molecule has 1 unspecified atom stereocenters. The SMILES string of the molecule is CNCCC1CCCCN1C(=O)c1ccc(F)c(C)c1. The van der Waals surface area contributed by atoms with Crippen molar-refractivity contribution in [1.82, 2.24) is 10.2 Å². The van der Waals surface area contributed by atoms with Gasteiger partial charge in [-0.1, -0.05) is 0 Å². The average Bonchev–Trinajstić information content (AvgIpc) is 2.47. The predicted molar refractivity (Wildman–Crippen MR) is 78.4 cm³/mol. The van der Waals surface area contributed by atoms with Gasteiger partial charge in [-0.25, -0.2) is 4.39 Å². The second kappa shape index (κ2) is 6.84. The van der Waals surface area contributed by atoms with Crippen LogP contribution in [0.3, 0.4) is 0 Å². The summed E-state index contributed by atoms with van der Waals surface area (Å²) in [4.78, 5) is 14.6. The number of nitrogens with zero attached hydrogens (tertiary/aromatic N) is 1. The fourth-order valence-corrected chi connectivity index (χ4v) is 2.82. The van der Waals surface area contributed by atoms with Crippen LogP contribution < -0.4 is 5.32 Å². The van der Waals surface area contributed by atoms with E-state index >= 15 is 0 Å². The van der Waals surface area contributed by atoms with Gasteiger partial charge in [-0.2, -0.15) is 0 Å². The van der Waals surface area contributed by atoms with Crippen molar-refractivity contribution in [2.24, 2.45) is 0 Å². The van der Waals surface area contributed by atoms with Crippen molar-refractivity contribution in [3.63, 3.8) is 0 Å². The Bertz CT molecular complexity index is 476. The monoisotopic (exact) mass is 278 g/mol. The van der Waals surface area contributed by atoms with E-state index in [1.165, 1.54) is 12.5 Å². The minimum Gasteiger partial charge on any atom is -0.336 e. The Morgan fingerprint density at radius 2 is 2.25 bits per heavy atom. The van der Waals surface area contributed by atoms with Crippen molar-refractivity contribution < 1.29 is 9.18 Å². The Labute approximate surface area is 120 Å². The summed E-state index contributed by atoms with van der Waals surface area (Å²) in [5.41, 5.74) is 1.12. The number of benzene rings is 1. The topological polar surface area (TPSA) is 32.3 Å². The molecule has 1 amide bonds. The molecule has 1 N–H and O–H groups in total. The third kappa shape index (κ3) is 3.37. The third-order valence-corrected chi connectivity index (χ3v) is 4.02. The van der Waals surface area contributed by atoms with Gasteiger partial charge in [0.1, 0.15) is 5.82 Å². The molecule has 1 aliphatic rings. The molecule has 1 aliphatic heterocycles. The fraction of sp³-hybridized carbons (Fsp3) is 0.562. The van der Waals surface area contributed by atoms with E-state index in [2.05, 4.69) is 5.32 Å². The Kier molecular flexibility index (Phi) is 5.12. The van der Waals surface area contributed by atoms with Gasteiger partial charge in [0.25, 0.3) is 5.91 Å². The van der Waals surface area contributed by atoms with E-state index in [0.29, 0.717) is 17.2 Å². The summed E-state index contributed by atoms with van der Waals surface area (Å²) in [5, 5.41) is 3.14. The molecule has 4 heteroatoms. The number of carbonyl (C=O) groups is 1. The Hall–Kier alpha value is -1.42. The number of amides is 1. The molecule has 110 valence electrons. The Morgan fingerprint density at radius 3 is 2.95 bits per heavy atom. The molecular formula is C16H23FN2O. The summed E-state index contributed by atoms with van der Waals surface area (Å²) in [6, 6.07) is 4.93. The molecule has 1 aromatic rings.